The summed E-state index contributed by atoms with van der Waals surface area (Å²) in [6.07, 6.45) is 5.30. The number of carbonyl (C=O) groups is 1. The average molecular weight is 294 g/mol. The van der Waals surface area contributed by atoms with Crippen LogP contribution in [0.1, 0.15) is 42.3 Å². The molecule has 5 nitrogen and oxygen atoms in total. The van der Waals surface area contributed by atoms with Gasteiger partial charge in [0, 0.05) is 12.1 Å². The molecule has 0 radical (unpaired) electrons. The number of esters is 1. The maximum Gasteiger partial charge on any atom is 0.374 e. The predicted molar refractivity (Wildman–Crippen MR) is 81.2 cm³/mol. The van der Waals surface area contributed by atoms with Crippen molar-refractivity contribution < 1.29 is 13.9 Å². The number of hydrogen-bond donors (Lipinski definition) is 1. The molecule has 118 valence electrons. The summed E-state index contributed by atoms with van der Waals surface area (Å²) in [4.78, 5) is 14.0. The number of likely N-dealkylation sites (tertiary alicyclic amines) is 1. The Balaban J connectivity index is 1.62. The molecule has 1 aromatic heterocycles. The fourth-order valence-corrected chi connectivity index (χ4v) is 2.68. The molecule has 1 fully saturated rings. The molecule has 0 unspecified atom stereocenters. The maximum atomic E-state index is 11.5. The van der Waals surface area contributed by atoms with Gasteiger partial charge in [-0.3, -0.25) is 0 Å². The molecule has 1 saturated heterocycles. The van der Waals surface area contributed by atoms with Crippen LogP contribution in [0.5, 0.6) is 0 Å². The summed E-state index contributed by atoms with van der Waals surface area (Å²) >= 11 is 0. The van der Waals surface area contributed by atoms with E-state index < -0.39 is 5.97 Å². The van der Waals surface area contributed by atoms with Crippen LogP contribution >= 0.6 is 0 Å². The van der Waals surface area contributed by atoms with Crippen molar-refractivity contribution in [2.45, 2.75) is 32.7 Å². The van der Waals surface area contributed by atoms with Gasteiger partial charge in [0.15, 0.2) is 0 Å². The van der Waals surface area contributed by atoms with Gasteiger partial charge in [-0.05, 0) is 57.4 Å². The molecule has 21 heavy (non-hydrogen) atoms. The third-order valence-corrected chi connectivity index (χ3v) is 4.14. The van der Waals surface area contributed by atoms with E-state index in [1.165, 1.54) is 39.3 Å². The van der Waals surface area contributed by atoms with Crippen LogP contribution in [-0.2, 0) is 11.3 Å². The molecule has 1 aliphatic heterocycles. The molecule has 1 N–H and O–H groups in total. The highest BCUT2D eigenvalue weighted by Gasteiger charge is 2.16. The van der Waals surface area contributed by atoms with Crippen LogP contribution in [0, 0.1) is 5.92 Å². The first kappa shape index (κ1) is 16.0. The van der Waals surface area contributed by atoms with Gasteiger partial charge in [0.25, 0.3) is 0 Å². The van der Waals surface area contributed by atoms with E-state index in [9.17, 15) is 4.79 Å². The Bertz CT molecular complexity index is 436. The van der Waals surface area contributed by atoms with Crippen LogP contribution in [0.25, 0.3) is 0 Å². The van der Waals surface area contributed by atoms with Crippen LogP contribution in [0.2, 0.25) is 0 Å². The summed E-state index contributed by atoms with van der Waals surface area (Å²) in [5, 5.41) is 3.36. The van der Waals surface area contributed by atoms with E-state index in [1.54, 1.807) is 0 Å². The van der Waals surface area contributed by atoms with Crippen LogP contribution in [-0.4, -0.2) is 44.2 Å². The third-order valence-electron chi connectivity index (χ3n) is 4.14. The molecule has 0 saturated carbocycles. The number of nitrogens with zero attached hydrogens (tertiary/aromatic N) is 1. The van der Waals surface area contributed by atoms with Gasteiger partial charge in [-0.25, -0.2) is 4.79 Å². The molecule has 0 spiro atoms. The quantitative estimate of drug-likeness (QED) is 0.617. The SMILES string of the molecule is COC(=O)c1occc1CNCCCN1CCC(C)CC1. The van der Waals surface area contributed by atoms with Gasteiger partial charge in [0.2, 0.25) is 5.76 Å². The van der Waals surface area contributed by atoms with Crippen molar-refractivity contribution in [1.82, 2.24) is 10.2 Å². The lowest BCUT2D eigenvalue weighted by Crippen LogP contribution is -2.34. The fourth-order valence-electron chi connectivity index (χ4n) is 2.68. The minimum Gasteiger partial charge on any atom is -0.463 e. The molecular weight excluding hydrogens is 268 g/mol. The summed E-state index contributed by atoms with van der Waals surface area (Å²) in [5.74, 6) is 0.770. The summed E-state index contributed by atoms with van der Waals surface area (Å²) in [6, 6.07) is 1.81. The Morgan fingerprint density at radius 2 is 2.24 bits per heavy atom. The van der Waals surface area contributed by atoms with Crippen LogP contribution in [0.3, 0.4) is 0 Å². The van der Waals surface area contributed by atoms with Gasteiger partial charge in [0.05, 0.1) is 13.4 Å². The second kappa shape index (κ2) is 8.20. The van der Waals surface area contributed by atoms with E-state index >= 15 is 0 Å². The first-order chi connectivity index (χ1) is 10.2. The summed E-state index contributed by atoms with van der Waals surface area (Å²) in [5.41, 5.74) is 0.855. The monoisotopic (exact) mass is 294 g/mol. The van der Waals surface area contributed by atoms with E-state index in [-0.39, 0.29) is 0 Å². The molecule has 2 heterocycles. The van der Waals surface area contributed by atoms with Gasteiger partial charge >= 0.3 is 5.97 Å². The topological polar surface area (TPSA) is 54.7 Å². The van der Waals surface area contributed by atoms with Crippen molar-refractivity contribution in [1.29, 1.82) is 0 Å². The predicted octanol–water partition coefficient (Wildman–Crippen LogP) is 2.28. The Hall–Kier alpha value is -1.33. The van der Waals surface area contributed by atoms with Crippen LogP contribution in [0.15, 0.2) is 16.7 Å². The molecule has 0 amide bonds. The second-order valence-electron chi connectivity index (χ2n) is 5.82. The highest BCUT2D eigenvalue weighted by Crippen LogP contribution is 2.15. The van der Waals surface area contributed by atoms with Crippen molar-refractivity contribution in [2.24, 2.45) is 5.92 Å². The fraction of sp³-hybridized carbons (Fsp3) is 0.688. The number of ether oxygens (including phenoxy) is 1. The number of carbonyl (C=O) groups excluding carboxylic acids is 1. The minimum atomic E-state index is -0.417. The van der Waals surface area contributed by atoms with Gasteiger partial charge in [-0.15, -0.1) is 0 Å². The smallest absolute Gasteiger partial charge is 0.374 e. The molecule has 0 bridgehead atoms. The zero-order valence-corrected chi connectivity index (χ0v) is 13.1. The van der Waals surface area contributed by atoms with Crippen molar-refractivity contribution in [3.63, 3.8) is 0 Å². The number of methoxy groups -OCH3 is 1. The molecule has 0 aliphatic carbocycles. The number of nitrogens with one attached hydrogen (secondary N) is 1. The highest BCUT2D eigenvalue weighted by atomic mass is 16.5. The van der Waals surface area contributed by atoms with E-state index in [2.05, 4.69) is 21.9 Å². The van der Waals surface area contributed by atoms with Crippen molar-refractivity contribution >= 4 is 5.97 Å². The van der Waals surface area contributed by atoms with E-state index in [4.69, 9.17) is 4.42 Å². The lowest BCUT2D eigenvalue weighted by Gasteiger charge is -2.30. The first-order valence-corrected chi connectivity index (χ1v) is 7.78. The van der Waals surface area contributed by atoms with E-state index in [0.29, 0.717) is 12.3 Å². The lowest BCUT2D eigenvalue weighted by atomic mass is 9.99. The Morgan fingerprint density at radius 3 is 2.95 bits per heavy atom. The molecule has 0 aromatic carbocycles. The summed E-state index contributed by atoms with van der Waals surface area (Å²) in [6.45, 7) is 7.53. The summed E-state index contributed by atoms with van der Waals surface area (Å²) < 4.78 is 9.84. The van der Waals surface area contributed by atoms with E-state index in [1.807, 2.05) is 6.07 Å². The molecule has 2 rings (SSSR count). The largest absolute Gasteiger partial charge is 0.463 e. The molecule has 1 aromatic rings. The average Bonchev–Trinajstić information content (AvgIpc) is 2.96. The number of piperidine rings is 1. The Morgan fingerprint density at radius 1 is 1.48 bits per heavy atom. The summed E-state index contributed by atoms with van der Waals surface area (Å²) in [7, 11) is 1.36. The van der Waals surface area contributed by atoms with E-state index in [0.717, 1.165) is 31.0 Å². The lowest BCUT2D eigenvalue weighted by molar-refractivity contribution is 0.0563. The zero-order chi connectivity index (χ0) is 15.1. The standard InChI is InChI=1S/C16H26N2O3/c1-13-4-9-18(10-5-13)8-3-7-17-12-14-6-11-21-15(14)16(19)20-2/h6,11,13,17H,3-5,7-10,12H2,1-2H3. The Labute approximate surface area is 126 Å². The number of rotatable bonds is 7. The molecular formula is C16H26N2O3. The van der Waals surface area contributed by atoms with Crippen LogP contribution < -0.4 is 5.32 Å². The van der Waals surface area contributed by atoms with Crippen molar-refractivity contribution in [3.8, 4) is 0 Å². The van der Waals surface area contributed by atoms with Gasteiger partial charge in [0.1, 0.15) is 0 Å². The minimum absolute atomic E-state index is 0.301. The van der Waals surface area contributed by atoms with Gasteiger partial charge < -0.3 is 19.4 Å². The third kappa shape index (κ3) is 4.86. The zero-order valence-electron chi connectivity index (χ0n) is 13.1. The molecule has 5 heteroatoms. The highest BCUT2D eigenvalue weighted by molar-refractivity contribution is 5.87. The normalized spacial score (nSPS) is 17.0. The first-order valence-electron chi connectivity index (χ1n) is 7.78. The second-order valence-corrected chi connectivity index (χ2v) is 5.82. The Kier molecular flexibility index (Phi) is 6.26. The molecule has 0 atom stereocenters. The van der Waals surface area contributed by atoms with Gasteiger partial charge in [-0.2, -0.15) is 0 Å². The number of furan rings is 1. The van der Waals surface area contributed by atoms with Crippen LogP contribution in [0.4, 0.5) is 0 Å². The van der Waals surface area contributed by atoms with Gasteiger partial charge in [-0.1, -0.05) is 6.92 Å². The van der Waals surface area contributed by atoms with Crippen molar-refractivity contribution in [3.05, 3.63) is 23.7 Å². The van der Waals surface area contributed by atoms with Crippen molar-refractivity contribution in [2.75, 3.05) is 33.3 Å². The maximum absolute atomic E-state index is 11.5. The molecule has 1 aliphatic rings. The number of hydrogen-bond acceptors (Lipinski definition) is 5.